The summed E-state index contributed by atoms with van der Waals surface area (Å²) >= 11 is 0. The molecule has 0 aliphatic heterocycles. The molecule has 0 amide bonds. The summed E-state index contributed by atoms with van der Waals surface area (Å²) in [6.45, 7) is 0. The third-order valence-corrected chi connectivity index (χ3v) is 4.44. The van der Waals surface area contributed by atoms with E-state index in [4.69, 9.17) is 9.84 Å². The van der Waals surface area contributed by atoms with Crippen molar-refractivity contribution in [1.82, 2.24) is 0 Å². The minimum absolute atomic E-state index is 0.0895. The molecule has 0 heterocycles. The lowest BCUT2D eigenvalue weighted by molar-refractivity contribution is -0.136. The predicted octanol–water partition coefficient (Wildman–Crippen LogP) is 2.40. The number of methoxy groups -OCH3 is 1. The maximum atomic E-state index is 13.7. The van der Waals surface area contributed by atoms with Gasteiger partial charge in [-0.15, -0.1) is 0 Å². The number of carboxylic acid groups (broad SMARTS) is 1. The molecule has 2 aromatic rings. The summed E-state index contributed by atoms with van der Waals surface area (Å²) < 4.78 is 59.0. The number of ether oxygens (including phenoxy) is 1. The van der Waals surface area contributed by atoms with Crippen molar-refractivity contribution in [2.24, 2.45) is 0 Å². The molecule has 2 rings (SSSR count). The Labute approximate surface area is 136 Å². The van der Waals surface area contributed by atoms with Crippen molar-refractivity contribution in [2.75, 3.05) is 11.8 Å². The number of carboxylic acids is 1. The smallest absolute Gasteiger partial charge is 0.307 e. The Morgan fingerprint density at radius 1 is 1.21 bits per heavy atom. The summed E-state index contributed by atoms with van der Waals surface area (Å²) in [5.41, 5.74) is -0.638. The van der Waals surface area contributed by atoms with Crippen LogP contribution in [0.5, 0.6) is 5.75 Å². The maximum Gasteiger partial charge on any atom is 0.307 e. The van der Waals surface area contributed by atoms with Crippen LogP contribution in [-0.4, -0.2) is 26.6 Å². The molecule has 0 saturated heterocycles. The van der Waals surface area contributed by atoms with Crippen LogP contribution >= 0.6 is 0 Å². The number of para-hydroxylation sites is 1. The number of hydrogen-bond donors (Lipinski definition) is 2. The molecule has 2 aromatic carbocycles. The van der Waals surface area contributed by atoms with E-state index < -0.39 is 44.6 Å². The van der Waals surface area contributed by atoms with Gasteiger partial charge in [-0.1, -0.05) is 12.1 Å². The Bertz CT molecular complexity index is 863. The number of benzene rings is 2. The van der Waals surface area contributed by atoms with Crippen LogP contribution in [0.3, 0.4) is 0 Å². The van der Waals surface area contributed by atoms with Crippen molar-refractivity contribution >= 4 is 21.7 Å². The summed E-state index contributed by atoms with van der Waals surface area (Å²) in [4.78, 5) is 10.3. The topological polar surface area (TPSA) is 92.7 Å². The minimum Gasteiger partial charge on any atom is -0.495 e. The molecule has 128 valence electrons. The van der Waals surface area contributed by atoms with E-state index in [2.05, 4.69) is 0 Å². The molecule has 0 aliphatic rings. The number of aliphatic carboxylic acids is 1. The summed E-state index contributed by atoms with van der Waals surface area (Å²) in [7, 11) is -3.19. The highest BCUT2D eigenvalue weighted by Crippen LogP contribution is 2.29. The minimum atomic E-state index is -4.41. The second kappa shape index (κ2) is 6.83. The first-order chi connectivity index (χ1) is 11.2. The van der Waals surface area contributed by atoms with E-state index in [0.29, 0.717) is 0 Å². The van der Waals surface area contributed by atoms with Crippen molar-refractivity contribution in [3.05, 3.63) is 53.6 Å². The zero-order valence-electron chi connectivity index (χ0n) is 12.4. The molecule has 6 nitrogen and oxygen atoms in total. The fraction of sp³-hybridized carbons (Fsp3) is 0.133. The van der Waals surface area contributed by atoms with Crippen LogP contribution in [-0.2, 0) is 21.2 Å². The standard InChI is InChI=1S/C15H13F2NO5S/c1-23-12-6-5-9(8-14(19)20)7-13(12)24(21,22)18-15-10(16)3-2-4-11(15)17/h2-7,18H,8H2,1H3,(H,19,20). The van der Waals surface area contributed by atoms with E-state index >= 15 is 0 Å². The Morgan fingerprint density at radius 3 is 2.38 bits per heavy atom. The Morgan fingerprint density at radius 2 is 1.83 bits per heavy atom. The Hall–Kier alpha value is -2.68. The van der Waals surface area contributed by atoms with Gasteiger partial charge in [0.15, 0.2) is 0 Å². The molecule has 0 spiro atoms. The van der Waals surface area contributed by atoms with Gasteiger partial charge in [-0.05, 0) is 29.8 Å². The van der Waals surface area contributed by atoms with E-state index in [1.165, 1.54) is 19.2 Å². The molecule has 24 heavy (non-hydrogen) atoms. The maximum absolute atomic E-state index is 13.7. The number of halogens is 2. The van der Waals surface area contributed by atoms with E-state index in [9.17, 15) is 22.0 Å². The van der Waals surface area contributed by atoms with Gasteiger partial charge in [0.2, 0.25) is 0 Å². The number of hydrogen-bond acceptors (Lipinski definition) is 4. The lowest BCUT2D eigenvalue weighted by atomic mass is 10.1. The largest absolute Gasteiger partial charge is 0.495 e. The van der Waals surface area contributed by atoms with Crippen LogP contribution in [0.15, 0.2) is 41.3 Å². The van der Waals surface area contributed by atoms with Gasteiger partial charge < -0.3 is 9.84 Å². The molecule has 0 aliphatic carbocycles. The van der Waals surface area contributed by atoms with Gasteiger partial charge in [-0.3, -0.25) is 9.52 Å². The van der Waals surface area contributed by atoms with Crippen molar-refractivity contribution in [3.63, 3.8) is 0 Å². The van der Waals surface area contributed by atoms with Crippen molar-refractivity contribution < 1.29 is 31.8 Å². The summed E-state index contributed by atoms with van der Waals surface area (Å²) in [5.74, 6) is -3.41. The van der Waals surface area contributed by atoms with E-state index in [0.717, 1.165) is 24.3 Å². The highest BCUT2D eigenvalue weighted by Gasteiger charge is 2.23. The van der Waals surface area contributed by atoms with Gasteiger partial charge in [0.05, 0.1) is 13.5 Å². The third kappa shape index (κ3) is 3.80. The molecule has 0 unspecified atom stereocenters. The van der Waals surface area contributed by atoms with E-state index in [1.54, 1.807) is 0 Å². The summed E-state index contributed by atoms with van der Waals surface area (Å²) in [6, 6.07) is 6.63. The SMILES string of the molecule is COc1ccc(CC(=O)O)cc1S(=O)(=O)Nc1c(F)cccc1F. The van der Waals surface area contributed by atoms with Gasteiger partial charge in [0.25, 0.3) is 10.0 Å². The van der Waals surface area contributed by atoms with Crippen molar-refractivity contribution in [1.29, 1.82) is 0 Å². The summed E-state index contributed by atoms with van der Waals surface area (Å²) in [5, 5.41) is 8.80. The Kier molecular flexibility index (Phi) is 5.03. The highest BCUT2D eigenvalue weighted by atomic mass is 32.2. The molecule has 0 saturated carbocycles. The van der Waals surface area contributed by atoms with Crippen LogP contribution in [0.25, 0.3) is 0 Å². The zero-order valence-corrected chi connectivity index (χ0v) is 13.2. The van der Waals surface area contributed by atoms with Gasteiger partial charge in [-0.2, -0.15) is 0 Å². The second-order valence-corrected chi connectivity index (χ2v) is 6.41. The van der Waals surface area contributed by atoms with Crippen LogP contribution in [0.4, 0.5) is 14.5 Å². The van der Waals surface area contributed by atoms with Crippen LogP contribution < -0.4 is 9.46 Å². The van der Waals surface area contributed by atoms with E-state index in [-0.39, 0.29) is 11.3 Å². The van der Waals surface area contributed by atoms with Gasteiger partial charge >= 0.3 is 5.97 Å². The lowest BCUT2D eigenvalue weighted by Gasteiger charge is -2.13. The van der Waals surface area contributed by atoms with Crippen LogP contribution in [0, 0.1) is 11.6 Å². The number of carbonyl (C=O) groups is 1. The normalized spacial score (nSPS) is 11.1. The molecular formula is C15H13F2NO5S. The lowest BCUT2D eigenvalue weighted by Crippen LogP contribution is -2.16. The molecule has 9 heteroatoms. The first-order valence-electron chi connectivity index (χ1n) is 6.60. The molecule has 0 aromatic heterocycles. The second-order valence-electron chi connectivity index (χ2n) is 4.76. The van der Waals surface area contributed by atoms with Crippen molar-refractivity contribution in [2.45, 2.75) is 11.3 Å². The van der Waals surface area contributed by atoms with Crippen LogP contribution in [0.1, 0.15) is 5.56 Å². The Balaban J connectivity index is 2.50. The van der Waals surface area contributed by atoms with Crippen LogP contribution in [0.2, 0.25) is 0 Å². The number of rotatable bonds is 6. The summed E-state index contributed by atoms with van der Waals surface area (Å²) in [6.07, 6.45) is -0.416. The first-order valence-corrected chi connectivity index (χ1v) is 8.08. The molecular weight excluding hydrogens is 344 g/mol. The quantitative estimate of drug-likeness (QED) is 0.828. The third-order valence-electron chi connectivity index (χ3n) is 3.07. The van der Waals surface area contributed by atoms with Gasteiger partial charge in [0, 0.05) is 0 Å². The van der Waals surface area contributed by atoms with Gasteiger partial charge in [-0.25, -0.2) is 17.2 Å². The fourth-order valence-electron chi connectivity index (χ4n) is 2.00. The van der Waals surface area contributed by atoms with Gasteiger partial charge in [0.1, 0.15) is 28.0 Å². The molecule has 0 atom stereocenters. The zero-order chi connectivity index (χ0) is 17.9. The van der Waals surface area contributed by atoms with Crippen molar-refractivity contribution in [3.8, 4) is 5.75 Å². The molecule has 0 radical (unpaired) electrons. The number of sulfonamides is 1. The average molecular weight is 357 g/mol. The molecule has 0 fully saturated rings. The monoisotopic (exact) mass is 357 g/mol. The average Bonchev–Trinajstić information content (AvgIpc) is 2.50. The highest BCUT2D eigenvalue weighted by molar-refractivity contribution is 7.92. The molecule has 0 bridgehead atoms. The molecule has 2 N–H and O–H groups in total. The number of nitrogens with one attached hydrogen (secondary N) is 1. The number of anilines is 1. The predicted molar refractivity (Wildman–Crippen MR) is 81.5 cm³/mol. The first kappa shape index (κ1) is 17.7. The van der Waals surface area contributed by atoms with E-state index in [1.807, 2.05) is 4.72 Å². The fourth-order valence-corrected chi connectivity index (χ4v) is 3.30.